The lowest BCUT2D eigenvalue weighted by atomic mass is 10.3. The summed E-state index contributed by atoms with van der Waals surface area (Å²) in [6.07, 6.45) is 0. The number of aromatic carboxylic acids is 1. The Labute approximate surface area is 80.6 Å². The second kappa shape index (κ2) is 4.45. The average molecular weight is 208 g/mol. The fourth-order valence-electron chi connectivity index (χ4n) is 0.712. The van der Waals surface area contributed by atoms with Gasteiger partial charge in [0.05, 0.1) is 0 Å². The summed E-state index contributed by atoms with van der Waals surface area (Å²) in [7, 11) is 0. The molecule has 0 fully saturated rings. The first-order valence-electron chi connectivity index (χ1n) is 3.20. The molecule has 68 valence electrons. The van der Waals surface area contributed by atoms with Crippen LogP contribution < -0.4 is 5.73 Å². The highest BCUT2D eigenvalue weighted by Crippen LogP contribution is 2.21. The number of carbonyl (C=O) groups is 1. The predicted molar refractivity (Wildman–Crippen MR) is 51.1 cm³/mol. The first-order chi connectivity index (χ1) is 5.11. The van der Waals surface area contributed by atoms with Crippen LogP contribution in [0.3, 0.4) is 0 Å². The highest BCUT2D eigenvalue weighted by Gasteiger charge is 2.08. The van der Waals surface area contributed by atoms with Crippen LogP contribution in [0.1, 0.15) is 27.5 Å². The SMILES string of the molecule is CC(N)c1ccc(C(=O)O)s1.Cl. The Bertz CT molecular complexity index is 272. The Kier molecular flexibility index (Phi) is 4.23. The second-order valence-electron chi connectivity index (χ2n) is 2.30. The van der Waals surface area contributed by atoms with Gasteiger partial charge in [-0.25, -0.2) is 4.79 Å². The Morgan fingerprint density at radius 1 is 1.67 bits per heavy atom. The molecule has 1 aromatic heterocycles. The van der Waals surface area contributed by atoms with Gasteiger partial charge in [-0.15, -0.1) is 23.7 Å². The molecule has 1 aromatic rings. The fourth-order valence-corrected chi connectivity index (χ4v) is 1.51. The molecule has 3 nitrogen and oxygen atoms in total. The summed E-state index contributed by atoms with van der Waals surface area (Å²) in [5.41, 5.74) is 5.54. The van der Waals surface area contributed by atoms with Crippen molar-refractivity contribution in [1.82, 2.24) is 0 Å². The van der Waals surface area contributed by atoms with Crippen molar-refractivity contribution in [1.29, 1.82) is 0 Å². The molecule has 0 aliphatic heterocycles. The lowest BCUT2D eigenvalue weighted by molar-refractivity contribution is 0.0702. The van der Waals surface area contributed by atoms with Crippen LogP contribution in [0, 0.1) is 0 Å². The molecule has 0 aromatic carbocycles. The summed E-state index contributed by atoms with van der Waals surface area (Å²) < 4.78 is 0. The van der Waals surface area contributed by atoms with Gasteiger partial charge < -0.3 is 10.8 Å². The zero-order chi connectivity index (χ0) is 8.43. The van der Waals surface area contributed by atoms with E-state index in [1.54, 1.807) is 12.1 Å². The lowest BCUT2D eigenvalue weighted by Gasteiger charge is -1.97. The highest BCUT2D eigenvalue weighted by molar-refractivity contribution is 7.14. The number of halogens is 1. The number of rotatable bonds is 2. The number of nitrogens with two attached hydrogens (primary N) is 1. The van der Waals surface area contributed by atoms with E-state index in [1.807, 2.05) is 6.92 Å². The molecule has 0 aliphatic rings. The Morgan fingerprint density at radius 3 is 2.50 bits per heavy atom. The lowest BCUT2D eigenvalue weighted by Crippen LogP contribution is -2.01. The minimum Gasteiger partial charge on any atom is -0.477 e. The summed E-state index contributed by atoms with van der Waals surface area (Å²) >= 11 is 1.22. The molecule has 12 heavy (non-hydrogen) atoms. The molecular formula is C7H10ClNO2S. The number of hydrogen-bond donors (Lipinski definition) is 2. The molecule has 1 rings (SSSR count). The third kappa shape index (κ3) is 2.48. The van der Waals surface area contributed by atoms with E-state index in [4.69, 9.17) is 10.8 Å². The van der Waals surface area contributed by atoms with E-state index < -0.39 is 5.97 Å². The molecular weight excluding hydrogens is 198 g/mol. The molecule has 1 heterocycles. The third-order valence-electron chi connectivity index (χ3n) is 1.29. The smallest absolute Gasteiger partial charge is 0.345 e. The van der Waals surface area contributed by atoms with Crippen molar-refractivity contribution in [3.63, 3.8) is 0 Å². The number of carboxylic acid groups (broad SMARTS) is 1. The highest BCUT2D eigenvalue weighted by atomic mass is 35.5. The van der Waals surface area contributed by atoms with Gasteiger partial charge in [0.1, 0.15) is 4.88 Å². The topological polar surface area (TPSA) is 63.3 Å². The van der Waals surface area contributed by atoms with Crippen LogP contribution in [0.4, 0.5) is 0 Å². The normalized spacial score (nSPS) is 11.8. The van der Waals surface area contributed by atoms with E-state index >= 15 is 0 Å². The fraction of sp³-hybridized carbons (Fsp3) is 0.286. The summed E-state index contributed by atoms with van der Waals surface area (Å²) in [5, 5.41) is 8.55. The van der Waals surface area contributed by atoms with Crippen molar-refractivity contribution >= 4 is 29.7 Å². The maximum atomic E-state index is 10.4. The Balaban J connectivity index is 0.00000121. The third-order valence-corrected chi connectivity index (χ3v) is 2.56. The van der Waals surface area contributed by atoms with E-state index in [0.717, 1.165) is 4.88 Å². The van der Waals surface area contributed by atoms with Gasteiger partial charge in [-0.2, -0.15) is 0 Å². The molecule has 3 N–H and O–H groups in total. The number of hydrogen-bond acceptors (Lipinski definition) is 3. The second-order valence-corrected chi connectivity index (χ2v) is 3.41. The van der Waals surface area contributed by atoms with Gasteiger partial charge in [0, 0.05) is 10.9 Å². The first-order valence-corrected chi connectivity index (χ1v) is 4.01. The van der Waals surface area contributed by atoms with Crippen LogP contribution in [0.2, 0.25) is 0 Å². The Morgan fingerprint density at radius 2 is 2.25 bits per heavy atom. The molecule has 1 unspecified atom stereocenters. The van der Waals surface area contributed by atoms with Crippen LogP contribution in [-0.4, -0.2) is 11.1 Å². The van der Waals surface area contributed by atoms with Crippen molar-refractivity contribution in [2.45, 2.75) is 13.0 Å². The zero-order valence-electron chi connectivity index (χ0n) is 6.48. The van der Waals surface area contributed by atoms with Crippen LogP contribution in [0.25, 0.3) is 0 Å². The van der Waals surface area contributed by atoms with Gasteiger partial charge >= 0.3 is 5.97 Å². The van der Waals surface area contributed by atoms with Gasteiger partial charge in [0.2, 0.25) is 0 Å². The number of carboxylic acids is 1. The van der Waals surface area contributed by atoms with Crippen LogP contribution >= 0.6 is 23.7 Å². The summed E-state index contributed by atoms with van der Waals surface area (Å²) in [6, 6.07) is 3.25. The molecule has 1 atom stereocenters. The summed E-state index contributed by atoms with van der Waals surface area (Å²) in [5.74, 6) is -0.887. The maximum Gasteiger partial charge on any atom is 0.345 e. The maximum absolute atomic E-state index is 10.4. The van der Waals surface area contributed by atoms with Gasteiger partial charge in [-0.3, -0.25) is 0 Å². The molecule has 0 bridgehead atoms. The van der Waals surface area contributed by atoms with Crippen LogP contribution in [0.5, 0.6) is 0 Å². The Hall–Kier alpha value is -0.580. The summed E-state index contributed by atoms with van der Waals surface area (Å²) in [6.45, 7) is 1.83. The monoisotopic (exact) mass is 207 g/mol. The molecule has 0 amide bonds. The first kappa shape index (κ1) is 11.4. The van der Waals surface area contributed by atoms with E-state index in [0.29, 0.717) is 4.88 Å². The van der Waals surface area contributed by atoms with E-state index in [2.05, 4.69) is 0 Å². The molecule has 0 aliphatic carbocycles. The van der Waals surface area contributed by atoms with Gasteiger partial charge in [-0.05, 0) is 19.1 Å². The van der Waals surface area contributed by atoms with Crippen molar-refractivity contribution < 1.29 is 9.90 Å². The average Bonchev–Trinajstić information content (AvgIpc) is 2.33. The van der Waals surface area contributed by atoms with Gasteiger partial charge in [0.15, 0.2) is 0 Å². The van der Waals surface area contributed by atoms with Crippen molar-refractivity contribution in [2.24, 2.45) is 5.73 Å². The molecule has 0 radical (unpaired) electrons. The molecule has 5 heteroatoms. The van der Waals surface area contributed by atoms with Gasteiger partial charge in [-0.1, -0.05) is 0 Å². The van der Waals surface area contributed by atoms with E-state index in [9.17, 15) is 4.79 Å². The predicted octanol–water partition coefficient (Wildman–Crippen LogP) is 1.89. The minimum atomic E-state index is -0.887. The molecule has 0 saturated heterocycles. The summed E-state index contributed by atoms with van der Waals surface area (Å²) in [4.78, 5) is 11.7. The minimum absolute atomic E-state index is 0. The van der Waals surface area contributed by atoms with Crippen LogP contribution in [-0.2, 0) is 0 Å². The van der Waals surface area contributed by atoms with E-state index in [-0.39, 0.29) is 18.4 Å². The standard InChI is InChI=1S/C7H9NO2S.ClH/c1-4(8)5-2-3-6(11-5)7(9)10;/h2-4H,8H2,1H3,(H,9,10);1H. The largest absolute Gasteiger partial charge is 0.477 e. The van der Waals surface area contributed by atoms with Gasteiger partial charge in [0.25, 0.3) is 0 Å². The zero-order valence-corrected chi connectivity index (χ0v) is 8.11. The molecule has 0 spiro atoms. The molecule has 0 saturated carbocycles. The quantitative estimate of drug-likeness (QED) is 0.779. The van der Waals surface area contributed by atoms with E-state index in [1.165, 1.54) is 11.3 Å². The number of thiophene rings is 1. The van der Waals surface area contributed by atoms with Crippen molar-refractivity contribution in [3.8, 4) is 0 Å². The van der Waals surface area contributed by atoms with Crippen LogP contribution in [0.15, 0.2) is 12.1 Å². The van der Waals surface area contributed by atoms with Crippen molar-refractivity contribution in [2.75, 3.05) is 0 Å². The van der Waals surface area contributed by atoms with Crippen molar-refractivity contribution in [3.05, 3.63) is 21.9 Å².